The quantitative estimate of drug-likeness (QED) is 0.687. The Hall–Kier alpha value is -1.17. The molecule has 1 saturated heterocycles. The van der Waals surface area contributed by atoms with E-state index in [9.17, 15) is 5.11 Å². The van der Waals surface area contributed by atoms with Gasteiger partial charge in [0.15, 0.2) is 0 Å². The van der Waals surface area contributed by atoms with Gasteiger partial charge in [-0.3, -0.25) is 4.98 Å². The molecular weight excluding hydrogens is 230 g/mol. The second kappa shape index (κ2) is 6.68. The summed E-state index contributed by atoms with van der Waals surface area (Å²) in [5.41, 5.74) is 1.22. The molecule has 0 aliphatic carbocycles. The highest BCUT2D eigenvalue weighted by atomic mass is 16.3. The predicted octanol–water partition coefficient (Wildman–Crippen LogP) is -0.00680. The van der Waals surface area contributed by atoms with Gasteiger partial charge in [-0.05, 0) is 25.0 Å². The van der Waals surface area contributed by atoms with Crippen LogP contribution in [0, 0.1) is 0 Å². The maximum Gasteiger partial charge on any atom is 0.0895 e. The molecule has 5 nitrogen and oxygen atoms in total. The first-order chi connectivity index (χ1) is 8.79. The highest BCUT2D eigenvalue weighted by Crippen LogP contribution is 2.18. The van der Waals surface area contributed by atoms with Gasteiger partial charge < -0.3 is 20.4 Å². The Balaban J connectivity index is 1.75. The zero-order chi connectivity index (χ0) is 12.8. The number of aliphatic hydroxyl groups is 2. The molecule has 18 heavy (non-hydrogen) atoms. The molecule has 0 aromatic carbocycles. The van der Waals surface area contributed by atoms with Gasteiger partial charge in [0.25, 0.3) is 0 Å². The average molecular weight is 251 g/mol. The standard InChI is InChI=1S/C13H21N3O2/c17-10-13(18)9-15-11-3-7-16(8-4-11)12-1-5-14-6-2-12/h1-2,5-6,11,13,15,17-18H,3-4,7-10H2. The van der Waals surface area contributed by atoms with Gasteiger partial charge >= 0.3 is 0 Å². The van der Waals surface area contributed by atoms with Crippen LogP contribution in [-0.4, -0.2) is 53.6 Å². The smallest absolute Gasteiger partial charge is 0.0895 e. The number of hydrogen-bond acceptors (Lipinski definition) is 5. The number of hydrogen-bond donors (Lipinski definition) is 3. The molecule has 1 aliphatic heterocycles. The van der Waals surface area contributed by atoms with Crippen molar-refractivity contribution in [2.24, 2.45) is 0 Å². The number of aliphatic hydroxyl groups excluding tert-OH is 2. The first-order valence-corrected chi connectivity index (χ1v) is 6.47. The van der Waals surface area contributed by atoms with Crippen molar-refractivity contribution in [3.8, 4) is 0 Å². The highest BCUT2D eigenvalue weighted by molar-refractivity contribution is 5.44. The summed E-state index contributed by atoms with van der Waals surface area (Å²) < 4.78 is 0. The van der Waals surface area contributed by atoms with Crippen molar-refractivity contribution in [3.05, 3.63) is 24.5 Å². The van der Waals surface area contributed by atoms with E-state index in [1.54, 1.807) is 0 Å². The number of piperidine rings is 1. The first-order valence-electron chi connectivity index (χ1n) is 6.47. The number of rotatable bonds is 5. The lowest BCUT2D eigenvalue weighted by Gasteiger charge is -2.34. The van der Waals surface area contributed by atoms with Crippen molar-refractivity contribution >= 4 is 5.69 Å². The SMILES string of the molecule is OCC(O)CNC1CCN(c2ccncc2)CC1. The molecule has 0 saturated carbocycles. The van der Waals surface area contributed by atoms with E-state index in [1.807, 2.05) is 24.5 Å². The summed E-state index contributed by atoms with van der Waals surface area (Å²) in [5, 5.41) is 21.3. The molecule has 0 bridgehead atoms. The van der Waals surface area contributed by atoms with Gasteiger partial charge in [0.05, 0.1) is 12.7 Å². The van der Waals surface area contributed by atoms with Crippen LogP contribution < -0.4 is 10.2 Å². The second-order valence-corrected chi connectivity index (χ2v) is 4.71. The van der Waals surface area contributed by atoms with E-state index in [-0.39, 0.29) is 6.61 Å². The summed E-state index contributed by atoms with van der Waals surface area (Å²) in [6, 6.07) is 4.50. The Kier molecular flexibility index (Phi) is 4.92. The molecule has 1 aromatic rings. The Morgan fingerprint density at radius 3 is 2.61 bits per heavy atom. The van der Waals surface area contributed by atoms with Crippen molar-refractivity contribution in [1.29, 1.82) is 0 Å². The third-order valence-corrected chi connectivity index (χ3v) is 3.38. The largest absolute Gasteiger partial charge is 0.394 e. The predicted molar refractivity (Wildman–Crippen MR) is 70.6 cm³/mol. The topological polar surface area (TPSA) is 68.6 Å². The zero-order valence-electron chi connectivity index (χ0n) is 10.5. The maximum atomic E-state index is 9.29. The summed E-state index contributed by atoms with van der Waals surface area (Å²) >= 11 is 0. The van der Waals surface area contributed by atoms with Crippen LogP contribution >= 0.6 is 0 Å². The molecule has 3 N–H and O–H groups in total. The van der Waals surface area contributed by atoms with E-state index < -0.39 is 6.10 Å². The fraction of sp³-hybridized carbons (Fsp3) is 0.615. The lowest BCUT2D eigenvalue weighted by Crippen LogP contribution is -2.45. The third-order valence-electron chi connectivity index (χ3n) is 3.38. The number of nitrogens with one attached hydrogen (secondary N) is 1. The number of aromatic nitrogens is 1. The van der Waals surface area contributed by atoms with Crippen molar-refractivity contribution in [2.45, 2.75) is 25.0 Å². The van der Waals surface area contributed by atoms with Crippen molar-refractivity contribution in [1.82, 2.24) is 10.3 Å². The molecule has 1 fully saturated rings. The number of anilines is 1. The first kappa shape index (κ1) is 13.3. The van der Waals surface area contributed by atoms with Crippen LogP contribution in [0.1, 0.15) is 12.8 Å². The van der Waals surface area contributed by atoms with Gasteiger partial charge in [0.1, 0.15) is 0 Å². The molecule has 0 spiro atoms. The van der Waals surface area contributed by atoms with E-state index in [1.165, 1.54) is 5.69 Å². The van der Waals surface area contributed by atoms with E-state index in [0.29, 0.717) is 12.6 Å². The van der Waals surface area contributed by atoms with Crippen LogP contribution in [0.4, 0.5) is 5.69 Å². The minimum absolute atomic E-state index is 0.178. The molecule has 1 unspecified atom stereocenters. The summed E-state index contributed by atoms with van der Waals surface area (Å²) in [6.45, 7) is 2.31. The molecule has 2 heterocycles. The molecule has 1 aromatic heterocycles. The van der Waals surface area contributed by atoms with Crippen LogP contribution in [0.25, 0.3) is 0 Å². The normalized spacial score (nSPS) is 18.9. The maximum absolute atomic E-state index is 9.29. The average Bonchev–Trinajstić information content (AvgIpc) is 2.46. The molecule has 1 atom stereocenters. The van der Waals surface area contributed by atoms with Crippen LogP contribution in [0.15, 0.2) is 24.5 Å². The Morgan fingerprint density at radius 1 is 1.33 bits per heavy atom. The zero-order valence-corrected chi connectivity index (χ0v) is 10.5. The van der Waals surface area contributed by atoms with Crippen LogP contribution in [0.2, 0.25) is 0 Å². The van der Waals surface area contributed by atoms with Crippen molar-refractivity contribution in [2.75, 3.05) is 31.1 Å². The fourth-order valence-corrected chi connectivity index (χ4v) is 2.26. The van der Waals surface area contributed by atoms with Crippen LogP contribution in [0.3, 0.4) is 0 Å². The Labute approximate surface area is 107 Å². The van der Waals surface area contributed by atoms with E-state index >= 15 is 0 Å². The Bertz CT molecular complexity index is 339. The number of pyridine rings is 1. The van der Waals surface area contributed by atoms with E-state index in [4.69, 9.17) is 5.11 Å². The lowest BCUT2D eigenvalue weighted by atomic mass is 10.0. The molecular formula is C13H21N3O2. The van der Waals surface area contributed by atoms with Gasteiger partial charge in [-0.25, -0.2) is 0 Å². The second-order valence-electron chi connectivity index (χ2n) is 4.71. The van der Waals surface area contributed by atoms with Crippen molar-refractivity contribution < 1.29 is 10.2 Å². The minimum Gasteiger partial charge on any atom is -0.394 e. The van der Waals surface area contributed by atoms with Gasteiger partial charge in [0.2, 0.25) is 0 Å². The van der Waals surface area contributed by atoms with Gasteiger partial charge in [-0.1, -0.05) is 0 Å². The molecule has 5 heteroatoms. The van der Waals surface area contributed by atoms with Crippen LogP contribution in [0.5, 0.6) is 0 Å². The van der Waals surface area contributed by atoms with Crippen LogP contribution in [-0.2, 0) is 0 Å². The summed E-state index contributed by atoms with van der Waals surface area (Å²) in [6.07, 6.45) is 5.10. The van der Waals surface area contributed by atoms with Gasteiger partial charge in [0, 0.05) is 43.8 Å². The number of nitrogens with zero attached hydrogens (tertiary/aromatic N) is 2. The Morgan fingerprint density at radius 2 is 2.00 bits per heavy atom. The molecule has 0 amide bonds. The molecule has 0 radical (unpaired) electrons. The summed E-state index contributed by atoms with van der Waals surface area (Å²) in [5.74, 6) is 0. The lowest BCUT2D eigenvalue weighted by molar-refractivity contribution is 0.0909. The summed E-state index contributed by atoms with van der Waals surface area (Å²) in [4.78, 5) is 6.37. The van der Waals surface area contributed by atoms with Gasteiger partial charge in [-0.2, -0.15) is 0 Å². The van der Waals surface area contributed by atoms with E-state index in [2.05, 4.69) is 15.2 Å². The third kappa shape index (κ3) is 3.66. The molecule has 100 valence electrons. The minimum atomic E-state index is -0.650. The fourth-order valence-electron chi connectivity index (χ4n) is 2.26. The van der Waals surface area contributed by atoms with Gasteiger partial charge in [-0.15, -0.1) is 0 Å². The van der Waals surface area contributed by atoms with Crippen molar-refractivity contribution in [3.63, 3.8) is 0 Å². The highest BCUT2D eigenvalue weighted by Gasteiger charge is 2.19. The molecule has 2 rings (SSSR count). The monoisotopic (exact) mass is 251 g/mol. The summed E-state index contributed by atoms with van der Waals surface area (Å²) in [7, 11) is 0. The molecule has 1 aliphatic rings. The van der Waals surface area contributed by atoms with E-state index in [0.717, 1.165) is 25.9 Å².